The van der Waals surface area contributed by atoms with Crippen LogP contribution in [0.2, 0.25) is 0 Å². The maximum Gasteiger partial charge on any atom is 0.222 e. The molecule has 2 aromatic rings. The second-order valence-electron chi connectivity index (χ2n) is 7.66. The summed E-state index contributed by atoms with van der Waals surface area (Å²) < 4.78 is 1.99. The van der Waals surface area contributed by atoms with Gasteiger partial charge in [-0.1, -0.05) is 24.6 Å². The fourth-order valence-electron chi connectivity index (χ4n) is 3.96. The van der Waals surface area contributed by atoms with Crippen LogP contribution in [0.5, 0.6) is 0 Å². The first kappa shape index (κ1) is 21.5. The van der Waals surface area contributed by atoms with Crippen molar-refractivity contribution in [2.24, 2.45) is 11.7 Å². The summed E-state index contributed by atoms with van der Waals surface area (Å²) in [5, 5.41) is 4.73. The lowest BCUT2D eigenvalue weighted by Gasteiger charge is -2.21. The molecular weight excluding hydrogens is 360 g/mol. The lowest BCUT2D eigenvalue weighted by Crippen LogP contribution is -2.32. The van der Waals surface area contributed by atoms with Gasteiger partial charge in [-0.25, -0.2) is 4.68 Å². The molecule has 1 aromatic carbocycles. The number of rotatable bonds is 5. The standard InChI is InChI=1S/C21H30N4O.ClH/c1-14-8-5-6-11-20(14)25-16(3)18(15(2)23-25)13-24(4)21(26)12-17-9-7-10-19(17)22;/h5-6,8,11,17,19H,7,9-10,12-13,22H2,1-4H3;1H/t17-,19+;/m0./s1. The van der Waals surface area contributed by atoms with Gasteiger partial charge in [-0.3, -0.25) is 4.79 Å². The van der Waals surface area contributed by atoms with E-state index in [1.807, 2.05) is 35.7 Å². The number of carbonyl (C=O) groups is 1. The molecule has 5 nitrogen and oxygen atoms in total. The van der Waals surface area contributed by atoms with Crippen molar-refractivity contribution in [1.29, 1.82) is 0 Å². The molecule has 1 amide bonds. The largest absolute Gasteiger partial charge is 0.341 e. The van der Waals surface area contributed by atoms with Gasteiger partial charge in [0.1, 0.15) is 0 Å². The summed E-state index contributed by atoms with van der Waals surface area (Å²) in [5.41, 5.74) is 11.6. The predicted octanol–water partition coefficient (Wildman–Crippen LogP) is 3.70. The highest BCUT2D eigenvalue weighted by atomic mass is 35.5. The fraction of sp³-hybridized carbons (Fsp3) is 0.524. The number of hydrogen-bond acceptors (Lipinski definition) is 3. The van der Waals surface area contributed by atoms with Crippen molar-refractivity contribution in [3.63, 3.8) is 0 Å². The Kier molecular flexibility index (Phi) is 7.06. The van der Waals surface area contributed by atoms with Crippen molar-refractivity contribution in [3.8, 4) is 5.69 Å². The molecule has 6 heteroatoms. The zero-order valence-corrected chi connectivity index (χ0v) is 17.6. The molecule has 3 rings (SSSR count). The second-order valence-corrected chi connectivity index (χ2v) is 7.66. The molecule has 0 aliphatic heterocycles. The third-order valence-electron chi connectivity index (χ3n) is 5.76. The molecule has 0 bridgehead atoms. The van der Waals surface area contributed by atoms with Gasteiger partial charge in [0, 0.05) is 37.3 Å². The number of amides is 1. The van der Waals surface area contributed by atoms with Crippen molar-refractivity contribution in [2.75, 3.05) is 7.05 Å². The number of carbonyl (C=O) groups excluding carboxylic acids is 1. The van der Waals surface area contributed by atoms with E-state index in [9.17, 15) is 4.79 Å². The number of aromatic nitrogens is 2. The molecule has 1 saturated carbocycles. The number of nitrogens with zero attached hydrogens (tertiary/aromatic N) is 3. The molecule has 1 aliphatic carbocycles. The summed E-state index contributed by atoms with van der Waals surface area (Å²) in [6.07, 6.45) is 3.82. The van der Waals surface area contributed by atoms with Crippen LogP contribution in [0.25, 0.3) is 5.69 Å². The zero-order chi connectivity index (χ0) is 18.8. The van der Waals surface area contributed by atoms with E-state index < -0.39 is 0 Å². The molecule has 1 aliphatic rings. The van der Waals surface area contributed by atoms with Gasteiger partial charge < -0.3 is 10.6 Å². The van der Waals surface area contributed by atoms with E-state index in [4.69, 9.17) is 10.8 Å². The van der Waals surface area contributed by atoms with Crippen molar-refractivity contribution < 1.29 is 4.79 Å². The van der Waals surface area contributed by atoms with E-state index in [1.165, 1.54) is 5.56 Å². The Morgan fingerprint density at radius 1 is 1.26 bits per heavy atom. The molecule has 0 saturated heterocycles. The molecule has 1 aromatic heterocycles. The molecule has 0 unspecified atom stereocenters. The first-order valence-corrected chi connectivity index (χ1v) is 9.49. The molecular formula is C21H31ClN4O. The summed E-state index contributed by atoms with van der Waals surface area (Å²) in [7, 11) is 1.88. The molecule has 0 radical (unpaired) electrons. The Bertz CT molecular complexity index is 801. The van der Waals surface area contributed by atoms with E-state index in [0.717, 1.165) is 41.9 Å². The Labute approximate surface area is 168 Å². The molecule has 1 heterocycles. The Morgan fingerprint density at radius 2 is 1.96 bits per heavy atom. The number of aryl methyl sites for hydroxylation is 2. The second kappa shape index (κ2) is 8.89. The third-order valence-corrected chi connectivity index (χ3v) is 5.76. The quantitative estimate of drug-likeness (QED) is 0.846. The summed E-state index contributed by atoms with van der Waals surface area (Å²) in [5.74, 6) is 0.511. The van der Waals surface area contributed by atoms with Gasteiger partial charge in [-0.05, 0) is 51.2 Å². The SMILES string of the molecule is Cc1ccccc1-n1nc(C)c(CN(C)C(=O)C[C@@H]2CCC[C@H]2N)c1C.Cl. The normalized spacial score (nSPS) is 19.0. The van der Waals surface area contributed by atoms with Gasteiger partial charge in [0.05, 0.1) is 11.4 Å². The minimum absolute atomic E-state index is 0. The predicted molar refractivity (Wildman–Crippen MR) is 111 cm³/mol. The number of halogens is 1. The van der Waals surface area contributed by atoms with Crippen molar-refractivity contribution in [2.45, 2.75) is 59.0 Å². The summed E-state index contributed by atoms with van der Waals surface area (Å²) in [6, 6.07) is 8.41. The Morgan fingerprint density at radius 3 is 2.59 bits per heavy atom. The van der Waals surface area contributed by atoms with Gasteiger partial charge in [-0.2, -0.15) is 5.10 Å². The minimum Gasteiger partial charge on any atom is -0.341 e. The van der Waals surface area contributed by atoms with Crippen molar-refractivity contribution >= 4 is 18.3 Å². The van der Waals surface area contributed by atoms with E-state index in [2.05, 4.69) is 26.0 Å². The third kappa shape index (κ3) is 4.53. The smallest absolute Gasteiger partial charge is 0.222 e. The van der Waals surface area contributed by atoms with E-state index in [-0.39, 0.29) is 24.4 Å². The summed E-state index contributed by atoms with van der Waals surface area (Å²) in [6.45, 7) is 6.77. The highest BCUT2D eigenvalue weighted by molar-refractivity contribution is 5.85. The van der Waals surface area contributed by atoms with Crippen LogP contribution in [0, 0.1) is 26.7 Å². The summed E-state index contributed by atoms with van der Waals surface area (Å²) >= 11 is 0. The average Bonchev–Trinajstić information content (AvgIpc) is 3.13. The maximum atomic E-state index is 12.6. The molecule has 27 heavy (non-hydrogen) atoms. The van der Waals surface area contributed by atoms with Crippen molar-refractivity contribution in [3.05, 3.63) is 46.8 Å². The highest BCUT2D eigenvalue weighted by Crippen LogP contribution is 2.28. The Hall–Kier alpha value is -1.85. The van der Waals surface area contributed by atoms with Crippen LogP contribution < -0.4 is 5.73 Å². The monoisotopic (exact) mass is 390 g/mol. The van der Waals surface area contributed by atoms with Crippen LogP contribution in [-0.2, 0) is 11.3 Å². The van der Waals surface area contributed by atoms with Gasteiger partial charge in [0.2, 0.25) is 5.91 Å². The maximum absolute atomic E-state index is 12.6. The first-order chi connectivity index (χ1) is 12.4. The summed E-state index contributed by atoms with van der Waals surface area (Å²) in [4.78, 5) is 14.5. The fourth-order valence-corrected chi connectivity index (χ4v) is 3.96. The van der Waals surface area contributed by atoms with E-state index >= 15 is 0 Å². The van der Waals surface area contributed by atoms with Crippen LogP contribution >= 0.6 is 12.4 Å². The molecule has 2 atom stereocenters. The lowest BCUT2D eigenvalue weighted by molar-refractivity contribution is -0.131. The zero-order valence-electron chi connectivity index (χ0n) is 16.7. The van der Waals surface area contributed by atoms with Gasteiger partial charge >= 0.3 is 0 Å². The van der Waals surface area contributed by atoms with Gasteiger partial charge in [0.15, 0.2) is 0 Å². The molecule has 0 spiro atoms. The molecule has 1 fully saturated rings. The van der Waals surface area contributed by atoms with Crippen LogP contribution in [0.4, 0.5) is 0 Å². The van der Waals surface area contributed by atoms with E-state index in [0.29, 0.717) is 18.9 Å². The molecule has 2 N–H and O–H groups in total. The number of hydrogen-bond donors (Lipinski definition) is 1. The van der Waals surface area contributed by atoms with Crippen LogP contribution in [0.15, 0.2) is 24.3 Å². The lowest BCUT2D eigenvalue weighted by atomic mass is 9.99. The minimum atomic E-state index is 0. The van der Waals surface area contributed by atoms with E-state index in [1.54, 1.807) is 0 Å². The van der Waals surface area contributed by atoms with Gasteiger partial charge in [-0.15, -0.1) is 12.4 Å². The number of benzene rings is 1. The average molecular weight is 391 g/mol. The Balaban J connectivity index is 0.00000261. The number of para-hydroxylation sites is 1. The van der Waals surface area contributed by atoms with Crippen LogP contribution in [0.1, 0.15) is 48.2 Å². The van der Waals surface area contributed by atoms with Crippen LogP contribution in [0.3, 0.4) is 0 Å². The topological polar surface area (TPSA) is 64.2 Å². The number of nitrogens with two attached hydrogens (primary N) is 1. The van der Waals surface area contributed by atoms with Crippen LogP contribution in [-0.4, -0.2) is 33.7 Å². The van der Waals surface area contributed by atoms with Gasteiger partial charge in [0.25, 0.3) is 0 Å². The first-order valence-electron chi connectivity index (χ1n) is 9.49. The molecule has 148 valence electrons. The van der Waals surface area contributed by atoms with Crippen molar-refractivity contribution in [1.82, 2.24) is 14.7 Å². The highest BCUT2D eigenvalue weighted by Gasteiger charge is 2.27.